The Morgan fingerprint density at radius 2 is 2.21 bits per heavy atom. The van der Waals surface area contributed by atoms with Gasteiger partial charge in [-0.3, -0.25) is 4.79 Å². The molecule has 1 aromatic rings. The van der Waals surface area contributed by atoms with E-state index in [1.807, 2.05) is 17.9 Å². The van der Waals surface area contributed by atoms with Gasteiger partial charge in [-0.15, -0.1) is 11.3 Å². The molecular formula is C14H21BrN2OS. The molecule has 0 radical (unpaired) electrons. The number of thiophene rings is 1. The second kappa shape index (κ2) is 7.41. The second-order valence-electron chi connectivity index (χ2n) is 4.98. The first-order valence-corrected chi connectivity index (χ1v) is 8.55. The van der Waals surface area contributed by atoms with E-state index in [1.54, 1.807) is 11.3 Å². The summed E-state index contributed by atoms with van der Waals surface area (Å²) in [6.45, 7) is 4.00. The summed E-state index contributed by atoms with van der Waals surface area (Å²) in [5.41, 5.74) is 0. The lowest BCUT2D eigenvalue weighted by molar-refractivity contribution is -0.130. The fraction of sp³-hybridized carbons (Fsp3) is 0.643. The predicted molar refractivity (Wildman–Crippen MR) is 83.4 cm³/mol. The number of amides is 1. The van der Waals surface area contributed by atoms with Gasteiger partial charge in [-0.1, -0.05) is 12.8 Å². The van der Waals surface area contributed by atoms with E-state index in [0.717, 1.165) is 16.9 Å². The molecule has 1 aromatic heterocycles. The van der Waals surface area contributed by atoms with Crippen LogP contribution in [0.4, 0.5) is 0 Å². The molecule has 19 heavy (non-hydrogen) atoms. The average molecular weight is 345 g/mol. The maximum absolute atomic E-state index is 12.2. The zero-order valence-electron chi connectivity index (χ0n) is 11.3. The van der Waals surface area contributed by atoms with Crippen LogP contribution in [0, 0.1) is 0 Å². The molecule has 1 heterocycles. The number of nitrogens with zero attached hydrogens (tertiary/aromatic N) is 1. The zero-order chi connectivity index (χ0) is 13.7. The Bertz CT molecular complexity index is 415. The molecule has 106 valence electrons. The molecule has 0 spiro atoms. The van der Waals surface area contributed by atoms with Crippen molar-refractivity contribution in [3.8, 4) is 0 Å². The molecule has 1 amide bonds. The minimum atomic E-state index is 0.207. The monoisotopic (exact) mass is 344 g/mol. The topological polar surface area (TPSA) is 32.3 Å². The van der Waals surface area contributed by atoms with Crippen LogP contribution in [0.2, 0.25) is 0 Å². The fourth-order valence-corrected chi connectivity index (χ4v) is 3.97. The molecule has 0 aromatic carbocycles. The van der Waals surface area contributed by atoms with Gasteiger partial charge in [0.1, 0.15) is 0 Å². The van der Waals surface area contributed by atoms with Crippen LogP contribution >= 0.6 is 27.3 Å². The number of halogens is 1. The van der Waals surface area contributed by atoms with Crippen molar-refractivity contribution in [1.29, 1.82) is 0 Å². The Balaban J connectivity index is 1.80. The van der Waals surface area contributed by atoms with Gasteiger partial charge in [-0.25, -0.2) is 0 Å². The SMILES string of the molecule is CCN(Cc1ccc(Br)s1)C(=O)CNC1CCCC1. The molecule has 5 heteroatoms. The van der Waals surface area contributed by atoms with Crippen molar-refractivity contribution in [1.82, 2.24) is 10.2 Å². The first kappa shape index (κ1) is 15.0. The molecule has 0 bridgehead atoms. The Labute approximate surface area is 127 Å². The first-order chi connectivity index (χ1) is 9.19. The summed E-state index contributed by atoms with van der Waals surface area (Å²) in [6.07, 6.45) is 5.04. The van der Waals surface area contributed by atoms with Crippen LogP contribution in [-0.2, 0) is 11.3 Å². The van der Waals surface area contributed by atoms with Gasteiger partial charge in [0.15, 0.2) is 0 Å². The molecule has 1 aliphatic rings. The lowest BCUT2D eigenvalue weighted by Crippen LogP contribution is -2.40. The highest BCUT2D eigenvalue weighted by atomic mass is 79.9. The molecule has 0 aliphatic heterocycles. The molecule has 0 saturated heterocycles. The van der Waals surface area contributed by atoms with E-state index >= 15 is 0 Å². The second-order valence-corrected chi connectivity index (χ2v) is 7.52. The van der Waals surface area contributed by atoms with Crippen LogP contribution in [-0.4, -0.2) is 29.9 Å². The summed E-state index contributed by atoms with van der Waals surface area (Å²) in [6, 6.07) is 4.67. The third-order valence-electron chi connectivity index (χ3n) is 3.61. The molecular weight excluding hydrogens is 324 g/mol. The van der Waals surface area contributed by atoms with Gasteiger partial charge in [-0.2, -0.15) is 0 Å². The van der Waals surface area contributed by atoms with Gasteiger partial charge in [0.05, 0.1) is 16.9 Å². The highest BCUT2D eigenvalue weighted by molar-refractivity contribution is 9.11. The van der Waals surface area contributed by atoms with E-state index in [0.29, 0.717) is 12.6 Å². The van der Waals surface area contributed by atoms with Crippen LogP contribution in [0.1, 0.15) is 37.5 Å². The van der Waals surface area contributed by atoms with Gasteiger partial charge < -0.3 is 10.2 Å². The number of carbonyl (C=O) groups is 1. The number of rotatable bonds is 6. The molecule has 1 N–H and O–H groups in total. The summed E-state index contributed by atoms with van der Waals surface area (Å²) in [4.78, 5) is 15.3. The lowest BCUT2D eigenvalue weighted by atomic mass is 10.2. The predicted octanol–water partition coefficient (Wildman–Crippen LogP) is 3.39. The van der Waals surface area contributed by atoms with Crippen molar-refractivity contribution >= 4 is 33.2 Å². The third kappa shape index (κ3) is 4.58. The van der Waals surface area contributed by atoms with Crippen LogP contribution in [0.25, 0.3) is 0 Å². The van der Waals surface area contributed by atoms with Crippen molar-refractivity contribution in [3.05, 3.63) is 20.8 Å². The van der Waals surface area contributed by atoms with E-state index in [4.69, 9.17) is 0 Å². The van der Waals surface area contributed by atoms with E-state index < -0.39 is 0 Å². The third-order valence-corrected chi connectivity index (χ3v) is 5.22. The minimum absolute atomic E-state index is 0.207. The van der Waals surface area contributed by atoms with E-state index in [1.165, 1.54) is 30.6 Å². The summed E-state index contributed by atoms with van der Waals surface area (Å²) in [5, 5.41) is 3.39. The van der Waals surface area contributed by atoms with Crippen LogP contribution in [0.5, 0.6) is 0 Å². The Kier molecular flexibility index (Phi) is 5.85. The molecule has 1 aliphatic carbocycles. The number of nitrogens with one attached hydrogen (secondary N) is 1. The molecule has 1 fully saturated rings. The van der Waals surface area contributed by atoms with E-state index in [-0.39, 0.29) is 5.91 Å². The van der Waals surface area contributed by atoms with Crippen molar-refractivity contribution in [2.45, 2.75) is 45.2 Å². The molecule has 0 atom stereocenters. The van der Waals surface area contributed by atoms with Crippen molar-refractivity contribution in [2.24, 2.45) is 0 Å². The first-order valence-electron chi connectivity index (χ1n) is 6.94. The normalized spacial score (nSPS) is 15.9. The quantitative estimate of drug-likeness (QED) is 0.857. The van der Waals surface area contributed by atoms with Crippen molar-refractivity contribution in [3.63, 3.8) is 0 Å². The highest BCUT2D eigenvalue weighted by Crippen LogP contribution is 2.23. The number of hydrogen-bond acceptors (Lipinski definition) is 3. The summed E-state index contributed by atoms with van der Waals surface area (Å²) in [7, 11) is 0. The fourth-order valence-electron chi connectivity index (χ4n) is 2.47. The van der Waals surface area contributed by atoms with Crippen LogP contribution in [0.3, 0.4) is 0 Å². The smallest absolute Gasteiger partial charge is 0.236 e. The Morgan fingerprint density at radius 3 is 2.79 bits per heavy atom. The highest BCUT2D eigenvalue weighted by Gasteiger charge is 2.18. The minimum Gasteiger partial charge on any atom is -0.337 e. The largest absolute Gasteiger partial charge is 0.337 e. The number of likely N-dealkylation sites (N-methyl/N-ethyl adjacent to an activating group) is 1. The number of hydrogen-bond donors (Lipinski definition) is 1. The van der Waals surface area contributed by atoms with Crippen molar-refractivity contribution in [2.75, 3.05) is 13.1 Å². The summed E-state index contributed by atoms with van der Waals surface area (Å²) < 4.78 is 1.12. The van der Waals surface area contributed by atoms with Gasteiger partial charge in [0, 0.05) is 17.5 Å². The zero-order valence-corrected chi connectivity index (χ0v) is 13.7. The summed E-state index contributed by atoms with van der Waals surface area (Å²) >= 11 is 5.15. The Morgan fingerprint density at radius 1 is 1.47 bits per heavy atom. The van der Waals surface area contributed by atoms with Crippen LogP contribution < -0.4 is 5.32 Å². The number of carbonyl (C=O) groups excluding carboxylic acids is 1. The summed E-state index contributed by atoms with van der Waals surface area (Å²) in [5.74, 6) is 0.207. The van der Waals surface area contributed by atoms with E-state index in [2.05, 4.69) is 27.3 Å². The maximum Gasteiger partial charge on any atom is 0.236 e. The van der Waals surface area contributed by atoms with E-state index in [9.17, 15) is 4.79 Å². The van der Waals surface area contributed by atoms with Crippen molar-refractivity contribution < 1.29 is 4.79 Å². The molecule has 2 rings (SSSR count). The standard InChI is InChI=1S/C14H21BrN2OS/c1-2-17(10-12-7-8-13(15)19-12)14(18)9-16-11-5-3-4-6-11/h7-8,11,16H,2-6,9-10H2,1H3. The van der Waals surface area contributed by atoms with Crippen LogP contribution in [0.15, 0.2) is 15.9 Å². The lowest BCUT2D eigenvalue weighted by Gasteiger charge is -2.21. The van der Waals surface area contributed by atoms with Gasteiger partial charge in [0.25, 0.3) is 0 Å². The van der Waals surface area contributed by atoms with Gasteiger partial charge >= 0.3 is 0 Å². The average Bonchev–Trinajstić information content (AvgIpc) is 3.04. The van der Waals surface area contributed by atoms with Gasteiger partial charge in [0.2, 0.25) is 5.91 Å². The Hall–Kier alpha value is -0.390. The molecule has 3 nitrogen and oxygen atoms in total. The molecule has 0 unspecified atom stereocenters. The van der Waals surface area contributed by atoms with Gasteiger partial charge in [-0.05, 0) is 47.8 Å². The maximum atomic E-state index is 12.2. The molecule has 1 saturated carbocycles.